The molecule has 0 saturated heterocycles. The molecule has 0 aromatic heterocycles. The number of aliphatic hydroxyl groups is 1. The van der Waals surface area contributed by atoms with Crippen LogP contribution in [0.2, 0.25) is 0 Å². The highest BCUT2D eigenvalue weighted by molar-refractivity contribution is 5.87. The summed E-state index contributed by atoms with van der Waals surface area (Å²) in [6, 6.07) is 11.3. The van der Waals surface area contributed by atoms with Crippen LogP contribution in [0.15, 0.2) is 36.4 Å². The van der Waals surface area contributed by atoms with Crippen LogP contribution in [-0.4, -0.2) is 16.8 Å². The third-order valence-corrected chi connectivity index (χ3v) is 2.99. The van der Waals surface area contributed by atoms with Gasteiger partial charge in [0.05, 0.1) is 6.61 Å². The van der Waals surface area contributed by atoms with E-state index in [-0.39, 0.29) is 17.8 Å². The molecule has 2 aromatic carbocycles. The maximum Gasteiger partial charge on any atom is 0.116 e. The van der Waals surface area contributed by atoms with Crippen molar-refractivity contribution in [2.75, 3.05) is 6.61 Å². The fourth-order valence-corrected chi connectivity index (χ4v) is 1.95. The van der Waals surface area contributed by atoms with Gasteiger partial charge in [-0.1, -0.05) is 38.1 Å². The minimum Gasteiger partial charge on any atom is -0.508 e. The number of phenolic OH excluding ortho intramolecular Hbond substituents is 1. The molecule has 84 valence electrons. The van der Waals surface area contributed by atoms with Gasteiger partial charge in [-0.25, -0.2) is 0 Å². The Kier molecular flexibility index (Phi) is 2.60. The monoisotopic (exact) mass is 216 g/mol. The number of aromatic hydroxyl groups is 1. The fourth-order valence-electron chi connectivity index (χ4n) is 1.95. The van der Waals surface area contributed by atoms with Gasteiger partial charge >= 0.3 is 0 Å². The molecule has 2 rings (SSSR count). The number of hydrogen-bond acceptors (Lipinski definition) is 2. The van der Waals surface area contributed by atoms with Gasteiger partial charge < -0.3 is 10.2 Å². The maximum absolute atomic E-state index is 9.43. The Hall–Kier alpha value is -1.54. The predicted octanol–water partition coefficient (Wildman–Crippen LogP) is 2.82. The fraction of sp³-hybridized carbons (Fsp3) is 0.286. The smallest absolute Gasteiger partial charge is 0.116 e. The zero-order chi connectivity index (χ0) is 11.8. The first kappa shape index (κ1) is 11.0. The van der Waals surface area contributed by atoms with E-state index < -0.39 is 0 Å². The van der Waals surface area contributed by atoms with Crippen LogP contribution in [0.5, 0.6) is 5.75 Å². The first-order chi connectivity index (χ1) is 7.54. The molecule has 0 amide bonds. The predicted molar refractivity (Wildman–Crippen MR) is 65.7 cm³/mol. The van der Waals surface area contributed by atoms with Gasteiger partial charge in [-0.15, -0.1) is 0 Å². The SMILES string of the molecule is CC(C)(CO)c1cccc2cc(O)ccc12. The molecule has 0 unspecified atom stereocenters. The lowest BCUT2D eigenvalue weighted by atomic mass is 9.82. The summed E-state index contributed by atoms with van der Waals surface area (Å²) >= 11 is 0. The van der Waals surface area contributed by atoms with Crippen LogP contribution in [0.4, 0.5) is 0 Å². The minimum absolute atomic E-state index is 0.104. The second-order valence-corrected chi connectivity index (χ2v) is 4.75. The van der Waals surface area contributed by atoms with Crippen LogP contribution in [0.25, 0.3) is 10.8 Å². The van der Waals surface area contributed by atoms with Crippen molar-refractivity contribution in [2.45, 2.75) is 19.3 Å². The van der Waals surface area contributed by atoms with Crippen molar-refractivity contribution < 1.29 is 10.2 Å². The molecule has 0 atom stereocenters. The molecule has 0 fully saturated rings. The summed E-state index contributed by atoms with van der Waals surface area (Å²) < 4.78 is 0. The molecule has 2 nitrogen and oxygen atoms in total. The molecule has 2 N–H and O–H groups in total. The minimum atomic E-state index is -0.267. The standard InChI is InChI=1S/C14H16O2/c1-14(2,9-15)13-5-3-4-10-8-11(16)6-7-12(10)13/h3-8,15-16H,9H2,1-2H3. The topological polar surface area (TPSA) is 40.5 Å². The van der Waals surface area contributed by atoms with E-state index in [4.69, 9.17) is 0 Å². The van der Waals surface area contributed by atoms with Gasteiger partial charge in [0, 0.05) is 5.41 Å². The average Bonchev–Trinajstić information content (AvgIpc) is 2.27. The quantitative estimate of drug-likeness (QED) is 0.810. The van der Waals surface area contributed by atoms with Crippen LogP contribution < -0.4 is 0 Å². The van der Waals surface area contributed by atoms with Gasteiger partial charge in [0.1, 0.15) is 5.75 Å². The molecule has 2 heteroatoms. The van der Waals surface area contributed by atoms with E-state index >= 15 is 0 Å². The van der Waals surface area contributed by atoms with Crippen molar-refractivity contribution in [3.8, 4) is 5.75 Å². The van der Waals surface area contributed by atoms with Crippen molar-refractivity contribution in [1.82, 2.24) is 0 Å². The van der Waals surface area contributed by atoms with E-state index in [1.807, 2.05) is 38.1 Å². The number of fused-ring (bicyclic) bond motifs is 1. The largest absolute Gasteiger partial charge is 0.508 e. The van der Waals surface area contributed by atoms with E-state index in [1.165, 1.54) is 0 Å². The summed E-state index contributed by atoms with van der Waals surface area (Å²) in [5.74, 6) is 0.270. The number of phenols is 1. The molecule has 2 aromatic rings. The van der Waals surface area contributed by atoms with Gasteiger partial charge in [0.15, 0.2) is 0 Å². The molecule has 0 aliphatic carbocycles. The molecule has 0 radical (unpaired) electrons. The number of benzene rings is 2. The zero-order valence-electron chi connectivity index (χ0n) is 9.57. The Labute approximate surface area is 95.2 Å². The molecule has 0 saturated carbocycles. The second-order valence-electron chi connectivity index (χ2n) is 4.75. The van der Waals surface area contributed by atoms with E-state index in [0.717, 1.165) is 16.3 Å². The lowest BCUT2D eigenvalue weighted by Gasteiger charge is -2.24. The Balaban J connectivity index is 2.72. The summed E-state index contributed by atoms with van der Waals surface area (Å²) in [4.78, 5) is 0. The van der Waals surface area contributed by atoms with Crippen LogP contribution in [0.1, 0.15) is 19.4 Å². The maximum atomic E-state index is 9.43. The molecule has 16 heavy (non-hydrogen) atoms. The number of aliphatic hydroxyl groups excluding tert-OH is 1. The van der Waals surface area contributed by atoms with Crippen LogP contribution >= 0.6 is 0 Å². The third kappa shape index (κ3) is 1.76. The van der Waals surface area contributed by atoms with Gasteiger partial charge in [-0.05, 0) is 28.5 Å². The molecule has 0 bridgehead atoms. The number of hydrogen-bond donors (Lipinski definition) is 2. The Morgan fingerprint density at radius 1 is 1.12 bits per heavy atom. The summed E-state index contributed by atoms with van der Waals surface area (Å²) in [5, 5.41) is 20.9. The van der Waals surface area contributed by atoms with E-state index in [2.05, 4.69) is 0 Å². The second kappa shape index (κ2) is 3.80. The highest BCUT2D eigenvalue weighted by atomic mass is 16.3. The molecule has 0 aliphatic heterocycles. The molecule has 0 aliphatic rings. The Bertz CT molecular complexity index is 515. The van der Waals surface area contributed by atoms with Crippen molar-refractivity contribution >= 4 is 10.8 Å². The molecule has 0 heterocycles. The average molecular weight is 216 g/mol. The van der Waals surface area contributed by atoms with Crippen molar-refractivity contribution in [2.24, 2.45) is 0 Å². The highest BCUT2D eigenvalue weighted by Crippen LogP contribution is 2.31. The number of rotatable bonds is 2. The lowest BCUT2D eigenvalue weighted by molar-refractivity contribution is 0.219. The van der Waals surface area contributed by atoms with Gasteiger partial charge in [0.25, 0.3) is 0 Å². The summed E-state index contributed by atoms with van der Waals surface area (Å²) in [6.07, 6.45) is 0. The summed E-state index contributed by atoms with van der Waals surface area (Å²) in [5.41, 5.74) is 0.837. The highest BCUT2D eigenvalue weighted by Gasteiger charge is 2.21. The van der Waals surface area contributed by atoms with Crippen LogP contribution in [-0.2, 0) is 5.41 Å². The molecular weight excluding hydrogens is 200 g/mol. The van der Waals surface area contributed by atoms with Crippen molar-refractivity contribution in [3.05, 3.63) is 42.0 Å². The first-order valence-corrected chi connectivity index (χ1v) is 5.38. The normalized spacial score (nSPS) is 11.9. The summed E-state index contributed by atoms with van der Waals surface area (Å²) in [6.45, 7) is 4.12. The van der Waals surface area contributed by atoms with E-state index in [1.54, 1.807) is 12.1 Å². The van der Waals surface area contributed by atoms with Crippen molar-refractivity contribution in [1.29, 1.82) is 0 Å². The Morgan fingerprint density at radius 2 is 1.88 bits per heavy atom. The van der Waals surface area contributed by atoms with Crippen LogP contribution in [0.3, 0.4) is 0 Å². The molecular formula is C14H16O2. The van der Waals surface area contributed by atoms with Crippen LogP contribution in [0, 0.1) is 0 Å². The Morgan fingerprint density at radius 3 is 2.56 bits per heavy atom. The lowest BCUT2D eigenvalue weighted by Crippen LogP contribution is -2.22. The van der Waals surface area contributed by atoms with E-state index in [9.17, 15) is 10.2 Å². The van der Waals surface area contributed by atoms with E-state index in [0.29, 0.717) is 0 Å². The van der Waals surface area contributed by atoms with Gasteiger partial charge in [0.2, 0.25) is 0 Å². The summed E-state index contributed by atoms with van der Waals surface area (Å²) in [7, 11) is 0. The van der Waals surface area contributed by atoms with Gasteiger partial charge in [-0.2, -0.15) is 0 Å². The zero-order valence-corrected chi connectivity index (χ0v) is 9.57. The third-order valence-electron chi connectivity index (χ3n) is 2.99. The van der Waals surface area contributed by atoms with Gasteiger partial charge in [-0.3, -0.25) is 0 Å². The van der Waals surface area contributed by atoms with Crippen molar-refractivity contribution in [3.63, 3.8) is 0 Å². The first-order valence-electron chi connectivity index (χ1n) is 5.38. The molecule has 0 spiro atoms.